The predicted octanol–water partition coefficient (Wildman–Crippen LogP) is 3.09. The summed E-state index contributed by atoms with van der Waals surface area (Å²) in [5, 5.41) is 15.2. The number of hydrogen-bond donors (Lipinski definition) is 1. The molecule has 6 nitrogen and oxygen atoms in total. The van der Waals surface area contributed by atoms with Gasteiger partial charge in [0.15, 0.2) is 5.82 Å². The number of piperidine rings is 1. The van der Waals surface area contributed by atoms with E-state index in [0.717, 1.165) is 49.2 Å². The topological polar surface area (TPSA) is 61.6 Å². The molecule has 1 aromatic carbocycles. The molecule has 0 aliphatic carbocycles. The molecule has 1 aliphatic heterocycles. The predicted molar refractivity (Wildman–Crippen MR) is 101 cm³/mol. The van der Waals surface area contributed by atoms with Crippen LogP contribution in [0.25, 0.3) is 10.9 Å². The first-order valence-electron chi connectivity index (χ1n) is 9.02. The lowest BCUT2D eigenvalue weighted by Gasteiger charge is -2.33. The number of hydrogen-bond acceptors (Lipinski definition) is 4. The number of aromatic nitrogens is 2. The normalized spacial score (nSPS) is 16.3. The van der Waals surface area contributed by atoms with E-state index in [4.69, 9.17) is 5.10 Å². The van der Waals surface area contributed by atoms with Gasteiger partial charge in [0.2, 0.25) is 0 Å². The van der Waals surface area contributed by atoms with Crippen molar-refractivity contribution >= 4 is 22.7 Å². The first-order valence-corrected chi connectivity index (χ1v) is 9.02. The van der Waals surface area contributed by atoms with E-state index < -0.39 is 5.97 Å². The molecule has 136 valence electrons. The van der Waals surface area contributed by atoms with E-state index >= 15 is 0 Å². The third-order valence-corrected chi connectivity index (χ3v) is 4.97. The van der Waals surface area contributed by atoms with Crippen LogP contribution in [0.1, 0.15) is 43.1 Å². The van der Waals surface area contributed by atoms with Crippen LogP contribution in [0.5, 0.6) is 0 Å². The smallest absolute Gasteiger partial charge is 0.336 e. The summed E-state index contributed by atoms with van der Waals surface area (Å²) in [4.78, 5) is 16.2. The lowest BCUT2D eigenvalue weighted by Crippen LogP contribution is -2.37. The van der Waals surface area contributed by atoms with Gasteiger partial charge in [-0.15, -0.1) is 0 Å². The minimum Gasteiger partial charge on any atom is -0.478 e. The van der Waals surface area contributed by atoms with E-state index in [2.05, 4.69) is 37.7 Å². The van der Waals surface area contributed by atoms with Gasteiger partial charge in [-0.3, -0.25) is 4.68 Å². The van der Waals surface area contributed by atoms with Gasteiger partial charge in [0, 0.05) is 25.7 Å². The maximum Gasteiger partial charge on any atom is 0.336 e. The Bertz CT molecular complexity index is 758. The number of nitrogens with zero attached hydrogens (tertiary/aromatic N) is 4. The number of carboxylic acid groups (broad SMARTS) is 1. The fraction of sp³-hybridized carbons (Fsp3) is 0.579. The van der Waals surface area contributed by atoms with Crippen LogP contribution >= 0.6 is 0 Å². The maximum atomic E-state index is 11.7. The van der Waals surface area contributed by atoms with Gasteiger partial charge in [0.05, 0.1) is 16.5 Å². The molecular weight excluding hydrogens is 316 g/mol. The molecule has 0 radical (unpaired) electrons. The number of carbonyl (C=O) groups is 1. The van der Waals surface area contributed by atoms with Gasteiger partial charge >= 0.3 is 5.97 Å². The van der Waals surface area contributed by atoms with Crippen LogP contribution in [0.2, 0.25) is 0 Å². The first-order chi connectivity index (χ1) is 11.9. The molecule has 1 N–H and O–H groups in total. The molecule has 0 unspecified atom stereocenters. The van der Waals surface area contributed by atoms with Gasteiger partial charge in [-0.1, -0.05) is 6.07 Å². The fourth-order valence-electron chi connectivity index (χ4n) is 3.81. The Morgan fingerprint density at radius 2 is 2.00 bits per heavy atom. The van der Waals surface area contributed by atoms with E-state index in [1.165, 1.54) is 0 Å². The summed E-state index contributed by atoms with van der Waals surface area (Å²) in [6.45, 7) is 7.11. The highest BCUT2D eigenvalue weighted by atomic mass is 16.4. The van der Waals surface area contributed by atoms with Gasteiger partial charge in [-0.05, 0) is 58.8 Å². The summed E-state index contributed by atoms with van der Waals surface area (Å²) >= 11 is 0. The van der Waals surface area contributed by atoms with Crippen molar-refractivity contribution in [3.63, 3.8) is 0 Å². The Hall–Kier alpha value is -2.08. The van der Waals surface area contributed by atoms with E-state index in [9.17, 15) is 9.90 Å². The van der Waals surface area contributed by atoms with E-state index in [0.29, 0.717) is 11.5 Å². The number of anilines is 1. The molecule has 3 rings (SSSR count). The van der Waals surface area contributed by atoms with Crippen LogP contribution in [-0.2, 0) is 0 Å². The number of aromatic carboxylic acids is 1. The molecule has 2 heterocycles. The van der Waals surface area contributed by atoms with E-state index in [1.54, 1.807) is 12.1 Å². The van der Waals surface area contributed by atoms with Crippen LogP contribution in [0.4, 0.5) is 5.82 Å². The second-order valence-electron chi connectivity index (χ2n) is 7.56. The highest BCUT2D eigenvalue weighted by molar-refractivity contribution is 6.07. The summed E-state index contributed by atoms with van der Waals surface area (Å²) in [7, 11) is 4.23. The second kappa shape index (κ2) is 7.04. The molecule has 6 heteroatoms. The van der Waals surface area contributed by atoms with Crippen molar-refractivity contribution in [3.8, 4) is 0 Å². The van der Waals surface area contributed by atoms with Gasteiger partial charge in [0.1, 0.15) is 0 Å². The Kier molecular flexibility index (Phi) is 4.99. The molecule has 0 saturated carbocycles. The van der Waals surface area contributed by atoms with Crippen LogP contribution in [0.15, 0.2) is 18.2 Å². The minimum absolute atomic E-state index is 0.187. The van der Waals surface area contributed by atoms with Crippen LogP contribution in [0, 0.1) is 5.92 Å². The zero-order valence-corrected chi connectivity index (χ0v) is 15.6. The van der Waals surface area contributed by atoms with Crippen LogP contribution < -0.4 is 4.90 Å². The molecule has 1 aromatic heterocycles. The number of rotatable bonds is 5. The van der Waals surface area contributed by atoms with Gasteiger partial charge < -0.3 is 14.9 Å². The van der Waals surface area contributed by atoms with E-state index in [1.807, 2.05) is 10.7 Å². The quantitative estimate of drug-likeness (QED) is 0.903. The molecule has 0 bridgehead atoms. The summed E-state index contributed by atoms with van der Waals surface area (Å²) in [5.74, 6) is 0.631. The fourth-order valence-corrected chi connectivity index (χ4v) is 3.81. The Morgan fingerprint density at radius 1 is 1.32 bits per heavy atom. The summed E-state index contributed by atoms with van der Waals surface area (Å²) < 4.78 is 1.95. The minimum atomic E-state index is -0.891. The average molecular weight is 344 g/mol. The molecule has 0 atom stereocenters. The molecule has 0 amide bonds. The SMILES string of the molecule is CC(C)n1nc(N2CCC(CN(C)C)CC2)c2c(C(=O)O)cccc21. The number of benzene rings is 1. The zero-order chi connectivity index (χ0) is 18.1. The largest absolute Gasteiger partial charge is 0.478 e. The van der Waals surface area contributed by atoms with Crippen LogP contribution in [0.3, 0.4) is 0 Å². The van der Waals surface area contributed by atoms with Gasteiger partial charge in [-0.2, -0.15) is 5.10 Å². The summed E-state index contributed by atoms with van der Waals surface area (Å²) in [6.07, 6.45) is 2.23. The first kappa shape index (κ1) is 17.7. The lowest BCUT2D eigenvalue weighted by atomic mass is 9.96. The van der Waals surface area contributed by atoms with Gasteiger partial charge in [0.25, 0.3) is 0 Å². The highest BCUT2D eigenvalue weighted by Crippen LogP contribution is 2.33. The highest BCUT2D eigenvalue weighted by Gasteiger charge is 2.26. The summed E-state index contributed by atoms with van der Waals surface area (Å²) in [6, 6.07) is 5.64. The van der Waals surface area contributed by atoms with Crippen molar-refractivity contribution in [2.45, 2.75) is 32.7 Å². The Labute approximate surface area is 149 Å². The molecule has 2 aromatic rings. The van der Waals surface area contributed by atoms with Gasteiger partial charge in [-0.25, -0.2) is 4.79 Å². The Balaban J connectivity index is 1.98. The van der Waals surface area contributed by atoms with Crippen molar-refractivity contribution in [1.82, 2.24) is 14.7 Å². The molecule has 1 saturated heterocycles. The third kappa shape index (κ3) is 3.49. The number of fused-ring (bicyclic) bond motifs is 1. The van der Waals surface area contributed by atoms with Crippen molar-refractivity contribution in [2.75, 3.05) is 38.6 Å². The van der Waals surface area contributed by atoms with E-state index in [-0.39, 0.29) is 6.04 Å². The second-order valence-corrected chi connectivity index (χ2v) is 7.56. The standard InChI is InChI=1S/C19H28N4O2/c1-13(2)23-16-7-5-6-15(19(24)25)17(16)18(20-23)22-10-8-14(9-11-22)12-21(3)4/h5-7,13-14H,8-12H2,1-4H3,(H,24,25). The molecule has 1 aliphatic rings. The Morgan fingerprint density at radius 3 is 2.56 bits per heavy atom. The average Bonchev–Trinajstić information content (AvgIpc) is 2.94. The summed E-state index contributed by atoms with van der Waals surface area (Å²) in [5.41, 5.74) is 1.25. The van der Waals surface area contributed by atoms with Crippen molar-refractivity contribution in [1.29, 1.82) is 0 Å². The maximum absolute atomic E-state index is 11.7. The van der Waals surface area contributed by atoms with Crippen molar-refractivity contribution < 1.29 is 9.90 Å². The molecular formula is C19H28N4O2. The molecule has 0 spiro atoms. The molecule has 25 heavy (non-hydrogen) atoms. The van der Waals surface area contributed by atoms with Crippen LogP contribution in [-0.4, -0.2) is 59.5 Å². The zero-order valence-electron chi connectivity index (χ0n) is 15.6. The van der Waals surface area contributed by atoms with Crippen molar-refractivity contribution in [2.24, 2.45) is 5.92 Å². The molecule has 1 fully saturated rings. The third-order valence-electron chi connectivity index (χ3n) is 4.97. The van der Waals surface area contributed by atoms with Crippen molar-refractivity contribution in [3.05, 3.63) is 23.8 Å². The number of carboxylic acids is 1. The monoisotopic (exact) mass is 344 g/mol. The lowest BCUT2D eigenvalue weighted by molar-refractivity contribution is 0.0699.